The number of benzene rings is 1. The first-order valence-corrected chi connectivity index (χ1v) is 8.63. The molecule has 0 saturated carbocycles. The van der Waals surface area contributed by atoms with Crippen molar-refractivity contribution in [2.24, 2.45) is 0 Å². The Morgan fingerprint density at radius 1 is 1.12 bits per heavy atom. The second-order valence-electron chi connectivity index (χ2n) is 5.17. The maximum absolute atomic E-state index is 12.4. The van der Waals surface area contributed by atoms with Crippen molar-refractivity contribution in [3.8, 4) is 0 Å². The van der Waals surface area contributed by atoms with Crippen LogP contribution in [0.2, 0.25) is 0 Å². The number of aryl methyl sites for hydroxylation is 1. The summed E-state index contributed by atoms with van der Waals surface area (Å²) in [5.41, 5.74) is 5.21. The Balaban J connectivity index is 1.93. The molecule has 2 aromatic rings. The highest BCUT2D eigenvalue weighted by Crippen LogP contribution is 2.14. The summed E-state index contributed by atoms with van der Waals surface area (Å²) < 4.78 is 25.6. The fraction of sp³-hybridized carbons (Fsp3) is 0.200. The quantitative estimate of drug-likeness (QED) is 0.714. The van der Waals surface area contributed by atoms with Crippen molar-refractivity contribution in [1.82, 2.24) is 25.1 Å². The predicted molar refractivity (Wildman–Crippen MR) is 88.6 cm³/mol. The Bertz CT molecular complexity index is 853. The molecule has 0 saturated heterocycles. The summed E-state index contributed by atoms with van der Waals surface area (Å²) in [7, 11) is -2.53. The summed E-state index contributed by atoms with van der Waals surface area (Å²) in [6.45, 7) is 1.38. The van der Waals surface area contributed by atoms with Crippen molar-refractivity contribution < 1.29 is 18.0 Å². The molecule has 1 aromatic carbocycles. The average molecular weight is 363 g/mol. The van der Waals surface area contributed by atoms with Crippen LogP contribution < -0.4 is 10.9 Å². The van der Waals surface area contributed by atoms with Gasteiger partial charge in [-0.3, -0.25) is 25.4 Å². The first kappa shape index (κ1) is 18.5. The number of hydrogen-bond donors (Lipinski definition) is 2. The number of hydrogen-bond acceptors (Lipinski definition) is 6. The molecule has 2 N–H and O–H groups in total. The maximum Gasteiger partial charge on any atom is 0.289 e. The molecule has 0 spiro atoms. The van der Waals surface area contributed by atoms with Gasteiger partial charge in [-0.25, -0.2) is 13.4 Å². The van der Waals surface area contributed by atoms with Gasteiger partial charge in [0.05, 0.1) is 17.6 Å². The normalized spacial score (nSPS) is 11.2. The van der Waals surface area contributed by atoms with Gasteiger partial charge in [0, 0.05) is 19.4 Å². The fourth-order valence-electron chi connectivity index (χ4n) is 1.82. The standard InChI is InChI=1S/C15H17N5O4S/c1-11-3-5-12(6-4-11)25(23,24)20(2)10-14(21)18-19-15(22)13-9-16-7-8-17-13/h3-9H,10H2,1-2H3,(H,18,21)(H,19,22). The second-order valence-corrected chi connectivity index (χ2v) is 7.21. The molecule has 0 atom stereocenters. The molecule has 0 unspecified atom stereocenters. The first-order valence-electron chi connectivity index (χ1n) is 7.19. The van der Waals surface area contributed by atoms with E-state index in [1.807, 2.05) is 6.92 Å². The van der Waals surface area contributed by atoms with Gasteiger partial charge >= 0.3 is 0 Å². The van der Waals surface area contributed by atoms with E-state index in [2.05, 4.69) is 20.8 Å². The third kappa shape index (κ3) is 4.81. The molecule has 2 amide bonds. The van der Waals surface area contributed by atoms with E-state index in [1.54, 1.807) is 12.1 Å². The summed E-state index contributed by atoms with van der Waals surface area (Å²) in [6.07, 6.45) is 3.97. The number of nitrogens with one attached hydrogen (secondary N) is 2. The van der Waals surface area contributed by atoms with Crippen LogP contribution in [0.1, 0.15) is 16.1 Å². The Labute approximate surface area is 145 Å². The number of rotatable bonds is 5. The minimum Gasteiger partial charge on any atom is -0.272 e. The molecule has 1 aromatic heterocycles. The third-order valence-corrected chi connectivity index (χ3v) is 5.02. The van der Waals surface area contributed by atoms with Crippen molar-refractivity contribution in [3.63, 3.8) is 0 Å². The van der Waals surface area contributed by atoms with Gasteiger partial charge in [0.1, 0.15) is 5.69 Å². The zero-order valence-electron chi connectivity index (χ0n) is 13.6. The van der Waals surface area contributed by atoms with Gasteiger partial charge in [0.25, 0.3) is 11.8 Å². The van der Waals surface area contributed by atoms with Gasteiger partial charge in [-0.2, -0.15) is 4.31 Å². The van der Waals surface area contributed by atoms with E-state index in [-0.39, 0.29) is 10.6 Å². The molecule has 0 radical (unpaired) electrons. The Kier molecular flexibility index (Phi) is 5.78. The summed E-state index contributed by atoms with van der Waals surface area (Å²) in [4.78, 5) is 31.2. The van der Waals surface area contributed by atoms with E-state index in [0.717, 1.165) is 9.87 Å². The van der Waals surface area contributed by atoms with Crippen LogP contribution in [0.4, 0.5) is 0 Å². The van der Waals surface area contributed by atoms with Crippen LogP contribution in [-0.2, 0) is 14.8 Å². The molecular formula is C15H17N5O4S. The lowest BCUT2D eigenvalue weighted by atomic mass is 10.2. The molecule has 25 heavy (non-hydrogen) atoms. The molecule has 0 fully saturated rings. The number of nitrogens with zero attached hydrogens (tertiary/aromatic N) is 3. The van der Waals surface area contributed by atoms with Gasteiger partial charge in [-0.15, -0.1) is 0 Å². The Morgan fingerprint density at radius 3 is 2.40 bits per heavy atom. The maximum atomic E-state index is 12.4. The van der Waals surface area contributed by atoms with Crippen LogP contribution >= 0.6 is 0 Å². The number of aromatic nitrogens is 2. The Morgan fingerprint density at radius 2 is 1.80 bits per heavy atom. The molecule has 9 nitrogen and oxygen atoms in total. The number of carbonyl (C=O) groups excluding carboxylic acids is 2. The lowest BCUT2D eigenvalue weighted by molar-refractivity contribution is -0.121. The van der Waals surface area contributed by atoms with Gasteiger partial charge in [-0.1, -0.05) is 17.7 Å². The Hall–Kier alpha value is -2.85. The zero-order chi connectivity index (χ0) is 18.4. The summed E-state index contributed by atoms with van der Waals surface area (Å²) >= 11 is 0. The molecule has 0 aliphatic heterocycles. The van der Waals surface area contributed by atoms with Crippen LogP contribution in [0.15, 0.2) is 47.8 Å². The van der Waals surface area contributed by atoms with Gasteiger partial charge < -0.3 is 0 Å². The minimum absolute atomic E-state index is 0.0171. The summed E-state index contributed by atoms with van der Waals surface area (Å²) in [6, 6.07) is 6.27. The molecule has 132 valence electrons. The van der Waals surface area contributed by atoms with E-state index in [0.29, 0.717) is 0 Å². The molecule has 10 heteroatoms. The highest BCUT2D eigenvalue weighted by Gasteiger charge is 2.23. The third-order valence-electron chi connectivity index (χ3n) is 3.21. The van der Waals surface area contributed by atoms with Crippen LogP contribution in [0.25, 0.3) is 0 Å². The highest BCUT2D eigenvalue weighted by molar-refractivity contribution is 7.89. The smallest absolute Gasteiger partial charge is 0.272 e. The molecule has 0 aliphatic rings. The predicted octanol–water partition coefficient (Wildman–Crippen LogP) is -0.133. The van der Waals surface area contributed by atoms with Crippen LogP contribution in [0, 0.1) is 6.92 Å². The molecule has 2 rings (SSSR count). The van der Waals surface area contributed by atoms with E-state index in [1.165, 1.54) is 37.8 Å². The second kappa shape index (κ2) is 7.81. The van der Waals surface area contributed by atoms with Gasteiger partial charge in [-0.05, 0) is 19.1 Å². The van der Waals surface area contributed by atoms with Crippen molar-refractivity contribution in [3.05, 3.63) is 54.1 Å². The molecule has 0 aliphatic carbocycles. The molecular weight excluding hydrogens is 346 g/mol. The van der Waals surface area contributed by atoms with Gasteiger partial charge in [0.15, 0.2) is 0 Å². The largest absolute Gasteiger partial charge is 0.289 e. The lowest BCUT2D eigenvalue weighted by Crippen LogP contribution is -2.46. The number of hydrazine groups is 1. The van der Waals surface area contributed by atoms with Crippen molar-refractivity contribution >= 4 is 21.8 Å². The van der Waals surface area contributed by atoms with Crippen LogP contribution in [0.5, 0.6) is 0 Å². The fourth-order valence-corrected chi connectivity index (χ4v) is 2.95. The van der Waals surface area contributed by atoms with Crippen LogP contribution in [-0.4, -0.2) is 48.1 Å². The lowest BCUT2D eigenvalue weighted by Gasteiger charge is -2.17. The SMILES string of the molecule is Cc1ccc(S(=O)(=O)N(C)CC(=O)NNC(=O)c2cnccn2)cc1. The number of amides is 2. The minimum atomic E-state index is -3.80. The van der Waals surface area contributed by atoms with Crippen LogP contribution in [0.3, 0.4) is 0 Å². The van der Waals surface area contributed by atoms with E-state index in [4.69, 9.17) is 0 Å². The van der Waals surface area contributed by atoms with E-state index >= 15 is 0 Å². The van der Waals surface area contributed by atoms with Crippen molar-refractivity contribution in [2.75, 3.05) is 13.6 Å². The first-order chi connectivity index (χ1) is 11.8. The summed E-state index contributed by atoms with van der Waals surface area (Å²) in [5, 5.41) is 0. The molecule has 1 heterocycles. The van der Waals surface area contributed by atoms with Crippen molar-refractivity contribution in [1.29, 1.82) is 0 Å². The molecule has 0 bridgehead atoms. The zero-order valence-corrected chi connectivity index (χ0v) is 14.4. The van der Waals surface area contributed by atoms with Gasteiger partial charge in [0.2, 0.25) is 10.0 Å². The summed E-state index contributed by atoms with van der Waals surface area (Å²) in [5.74, 6) is -1.36. The number of sulfonamides is 1. The topological polar surface area (TPSA) is 121 Å². The monoisotopic (exact) mass is 363 g/mol. The highest BCUT2D eigenvalue weighted by atomic mass is 32.2. The van der Waals surface area contributed by atoms with Crippen molar-refractivity contribution in [2.45, 2.75) is 11.8 Å². The average Bonchev–Trinajstić information content (AvgIpc) is 2.60. The van der Waals surface area contributed by atoms with E-state index < -0.39 is 28.4 Å². The number of carbonyl (C=O) groups is 2. The number of likely N-dealkylation sites (N-methyl/N-ethyl adjacent to an activating group) is 1. The van der Waals surface area contributed by atoms with E-state index in [9.17, 15) is 18.0 Å².